The average Bonchev–Trinajstić information content (AvgIpc) is 2.86. The molecule has 0 radical (unpaired) electrons. The fourth-order valence-electron chi connectivity index (χ4n) is 3.11. The first-order valence-electron chi connectivity index (χ1n) is 7.57. The van der Waals surface area contributed by atoms with Crippen LogP contribution in [0.2, 0.25) is 0 Å². The molecule has 1 aromatic heterocycles. The molecule has 0 unspecified atom stereocenters. The van der Waals surface area contributed by atoms with Crippen LogP contribution >= 0.6 is 0 Å². The van der Waals surface area contributed by atoms with E-state index < -0.39 is 0 Å². The van der Waals surface area contributed by atoms with Crippen LogP contribution in [0.5, 0.6) is 5.75 Å². The Morgan fingerprint density at radius 3 is 2.41 bits per heavy atom. The summed E-state index contributed by atoms with van der Waals surface area (Å²) in [4.78, 5) is 14.5. The molecule has 0 bridgehead atoms. The van der Waals surface area contributed by atoms with Crippen LogP contribution in [0.25, 0.3) is 0 Å². The maximum atomic E-state index is 12.6. The van der Waals surface area contributed by atoms with Crippen molar-refractivity contribution in [1.82, 2.24) is 10.1 Å². The molecule has 1 N–H and O–H groups in total. The van der Waals surface area contributed by atoms with Crippen molar-refractivity contribution in [3.05, 3.63) is 46.8 Å². The zero-order chi connectivity index (χ0) is 15.7. The molecule has 1 amide bonds. The zero-order valence-electron chi connectivity index (χ0n) is 12.9. The van der Waals surface area contributed by atoms with Gasteiger partial charge in [-0.15, -0.1) is 0 Å². The lowest BCUT2D eigenvalue weighted by atomic mass is 9.89. The van der Waals surface area contributed by atoms with Gasteiger partial charge in [0.25, 0.3) is 5.91 Å². The summed E-state index contributed by atoms with van der Waals surface area (Å²) < 4.78 is 5.09. The molecular weight excluding hydrogens is 280 g/mol. The summed E-state index contributed by atoms with van der Waals surface area (Å²) in [5, 5.41) is 13.2. The van der Waals surface area contributed by atoms with Crippen molar-refractivity contribution in [3.63, 3.8) is 0 Å². The molecule has 1 aliphatic heterocycles. The number of carbonyl (C=O) groups excluding carboxylic acids is 1. The van der Waals surface area contributed by atoms with Gasteiger partial charge in [0.15, 0.2) is 0 Å². The summed E-state index contributed by atoms with van der Waals surface area (Å²) >= 11 is 0. The maximum Gasteiger partial charge on any atom is 0.259 e. The molecule has 1 aromatic carbocycles. The molecule has 1 fully saturated rings. The molecule has 22 heavy (non-hydrogen) atoms. The van der Waals surface area contributed by atoms with Crippen molar-refractivity contribution < 1.29 is 14.4 Å². The van der Waals surface area contributed by atoms with E-state index in [1.54, 1.807) is 26.0 Å². The third-order valence-electron chi connectivity index (χ3n) is 4.39. The van der Waals surface area contributed by atoms with Crippen molar-refractivity contribution >= 4 is 5.91 Å². The number of phenols is 1. The van der Waals surface area contributed by atoms with E-state index in [1.165, 1.54) is 5.56 Å². The number of benzene rings is 1. The number of hydrogen-bond donors (Lipinski definition) is 1. The Balaban J connectivity index is 1.67. The van der Waals surface area contributed by atoms with Gasteiger partial charge in [-0.05, 0) is 50.3 Å². The van der Waals surface area contributed by atoms with Crippen molar-refractivity contribution in [3.8, 4) is 5.75 Å². The second-order valence-electron chi connectivity index (χ2n) is 5.86. The highest BCUT2D eigenvalue weighted by molar-refractivity contribution is 5.96. The third-order valence-corrected chi connectivity index (χ3v) is 4.39. The molecule has 5 nitrogen and oxygen atoms in total. The number of aromatic hydroxyl groups is 1. The van der Waals surface area contributed by atoms with Gasteiger partial charge in [-0.25, -0.2) is 0 Å². The average molecular weight is 300 g/mol. The first-order valence-corrected chi connectivity index (χ1v) is 7.57. The molecular formula is C17H20N2O3. The monoisotopic (exact) mass is 300 g/mol. The maximum absolute atomic E-state index is 12.6. The number of aryl methyl sites for hydroxylation is 2. The first-order chi connectivity index (χ1) is 10.6. The van der Waals surface area contributed by atoms with Crippen LogP contribution in [0.3, 0.4) is 0 Å². The van der Waals surface area contributed by atoms with E-state index in [4.69, 9.17) is 4.52 Å². The number of phenolic OH excluding ortho intramolecular Hbond substituents is 1. The smallest absolute Gasteiger partial charge is 0.259 e. The van der Waals surface area contributed by atoms with Crippen LogP contribution in [-0.2, 0) is 0 Å². The van der Waals surface area contributed by atoms with Gasteiger partial charge in [0.05, 0.1) is 5.69 Å². The van der Waals surface area contributed by atoms with Gasteiger partial charge in [-0.1, -0.05) is 17.3 Å². The fraction of sp³-hybridized carbons (Fsp3) is 0.412. The fourth-order valence-corrected chi connectivity index (χ4v) is 3.11. The Morgan fingerprint density at radius 2 is 1.86 bits per heavy atom. The van der Waals surface area contributed by atoms with Crippen LogP contribution in [-0.4, -0.2) is 34.2 Å². The van der Waals surface area contributed by atoms with Crippen molar-refractivity contribution in [2.24, 2.45) is 0 Å². The summed E-state index contributed by atoms with van der Waals surface area (Å²) in [6.07, 6.45) is 1.86. The van der Waals surface area contributed by atoms with E-state index >= 15 is 0 Å². The minimum atomic E-state index is 0.0143. The first kappa shape index (κ1) is 14.6. The highest BCUT2D eigenvalue weighted by Crippen LogP contribution is 2.30. The minimum absolute atomic E-state index is 0.0143. The van der Waals surface area contributed by atoms with Gasteiger partial charge < -0.3 is 14.5 Å². The lowest BCUT2D eigenvalue weighted by molar-refractivity contribution is 0.0710. The molecule has 5 heteroatoms. The zero-order valence-corrected chi connectivity index (χ0v) is 12.9. The van der Waals surface area contributed by atoms with E-state index in [9.17, 15) is 9.90 Å². The Kier molecular flexibility index (Phi) is 3.88. The normalized spacial score (nSPS) is 16.0. The van der Waals surface area contributed by atoms with Crippen LogP contribution in [0.1, 0.15) is 46.1 Å². The molecule has 2 heterocycles. The predicted molar refractivity (Wildman–Crippen MR) is 82.0 cm³/mol. The summed E-state index contributed by atoms with van der Waals surface area (Å²) in [7, 11) is 0. The van der Waals surface area contributed by atoms with Gasteiger partial charge in [-0.2, -0.15) is 0 Å². The second kappa shape index (κ2) is 5.83. The molecule has 1 aliphatic rings. The Bertz CT molecular complexity index is 648. The van der Waals surface area contributed by atoms with Crippen molar-refractivity contribution in [2.45, 2.75) is 32.6 Å². The van der Waals surface area contributed by atoms with E-state index in [0.717, 1.165) is 25.9 Å². The lowest BCUT2D eigenvalue weighted by Crippen LogP contribution is -2.38. The van der Waals surface area contributed by atoms with E-state index in [1.807, 2.05) is 17.0 Å². The van der Waals surface area contributed by atoms with Crippen molar-refractivity contribution in [1.29, 1.82) is 0 Å². The largest absolute Gasteiger partial charge is 0.508 e. The standard InChI is InChI=1S/C17H20N2O3/c1-11-16(12(2)22-18-11)17(21)19-9-7-14(8-10-19)13-3-5-15(20)6-4-13/h3-6,14,20H,7-10H2,1-2H3. The van der Waals surface area contributed by atoms with Gasteiger partial charge in [0, 0.05) is 13.1 Å². The van der Waals surface area contributed by atoms with E-state index in [-0.39, 0.29) is 11.7 Å². The molecule has 0 saturated carbocycles. The number of nitrogens with zero attached hydrogens (tertiary/aromatic N) is 2. The van der Waals surface area contributed by atoms with E-state index in [0.29, 0.717) is 22.9 Å². The Morgan fingerprint density at radius 1 is 1.23 bits per heavy atom. The predicted octanol–water partition coefficient (Wildman–Crippen LogP) is 3.02. The lowest BCUT2D eigenvalue weighted by Gasteiger charge is -2.32. The SMILES string of the molecule is Cc1noc(C)c1C(=O)N1CCC(c2ccc(O)cc2)CC1. The van der Waals surface area contributed by atoms with Gasteiger partial charge in [0.1, 0.15) is 17.1 Å². The van der Waals surface area contributed by atoms with Crippen LogP contribution in [0.15, 0.2) is 28.8 Å². The topological polar surface area (TPSA) is 66.6 Å². The highest BCUT2D eigenvalue weighted by atomic mass is 16.5. The summed E-state index contributed by atoms with van der Waals surface area (Å²) in [6.45, 7) is 5.03. The Labute approximate surface area is 129 Å². The quantitative estimate of drug-likeness (QED) is 0.925. The third kappa shape index (κ3) is 2.71. The number of amides is 1. The van der Waals surface area contributed by atoms with Gasteiger partial charge in [-0.3, -0.25) is 4.79 Å². The van der Waals surface area contributed by atoms with Crippen LogP contribution < -0.4 is 0 Å². The Hall–Kier alpha value is -2.30. The van der Waals surface area contributed by atoms with Crippen LogP contribution in [0.4, 0.5) is 0 Å². The number of rotatable bonds is 2. The van der Waals surface area contributed by atoms with E-state index in [2.05, 4.69) is 5.16 Å². The van der Waals surface area contributed by atoms with Gasteiger partial charge >= 0.3 is 0 Å². The highest BCUT2D eigenvalue weighted by Gasteiger charge is 2.28. The minimum Gasteiger partial charge on any atom is -0.508 e. The molecule has 2 aromatic rings. The number of piperidine rings is 1. The number of aromatic nitrogens is 1. The molecule has 0 atom stereocenters. The molecule has 116 valence electrons. The summed E-state index contributed by atoms with van der Waals surface area (Å²) in [5.74, 6) is 1.33. The number of likely N-dealkylation sites (tertiary alicyclic amines) is 1. The second-order valence-corrected chi connectivity index (χ2v) is 5.86. The number of hydrogen-bond acceptors (Lipinski definition) is 4. The molecule has 0 aliphatic carbocycles. The van der Waals surface area contributed by atoms with Crippen molar-refractivity contribution in [2.75, 3.05) is 13.1 Å². The number of carbonyl (C=O) groups is 1. The summed E-state index contributed by atoms with van der Waals surface area (Å²) in [5.41, 5.74) is 2.48. The van der Waals surface area contributed by atoms with Crippen LogP contribution in [0, 0.1) is 13.8 Å². The molecule has 3 rings (SSSR count). The van der Waals surface area contributed by atoms with Gasteiger partial charge in [0.2, 0.25) is 0 Å². The summed E-state index contributed by atoms with van der Waals surface area (Å²) in [6, 6.07) is 7.37. The molecule has 1 saturated heterocycles. The molecule has 0 spiro atoms.